The largest absolute Gasteiger partial charge is 0.364 e. The van der Waals surface area contributed by atoms with Crippen LogP contribution in [0.5, 0.6) is 0 Å². The number of nitrogens with zero attached hydrogens (tertiary/aromatic N) is 3. The Kier molecular flexibility index (Phi) is 5.38. The summed E-state index contributed by atoms with van der Waals surface area (Å²) in [7, 11) is 0. The Morgan fingerprint density at radius 3 is 2.64 bits per heavy atom. The molecule has 1 aliphatic carbocycles. The van der Waals surface area contributed by atoms with Crippen LogP contribution in [0.1, 0.15) is 31.2 Å². The van der Waals surface area contributed by atoms with Crippen LogP contribution in [-0.2, 0) is 22.4 Å². The average Bonchev–Trinajstić information content (AvgIpc) is 3.46. The van der Waals surface area contributed by atoms with Crippen LogP contribution in [0.4, 0.5) is 5.95 Å². The summed E-state index contributed by atoms with van der Waals surface area (Å²) in [6.07, 6.45) is 4.78. The van der Waals surface area contributed by atoms with E-state index in [1.165, 1.54) is 17.8 Å². The van der Waals surface area contributed by atoms with Crippen molar-refractivity contribution in [1.29, 1.82) is 0 Å². The summed E-state index contributed by atoms with van der Waals surface area (Å²) in [5.74, 6) is 2.33. The third-order valence-corrected chi connectivity index (χ3v) is 5.40. The van der Waals surface area contributed by atoms with Crippen molar-refractivity contribution in [3.05, 3.63) is 47.6 Å². The summed E-state index contributed by atoms with van der Waals surface area (Å²) in [6.45, 7) is 2.26. The molecule has 1 aliphatic heterocycles. The van der Waals surface area contributed by atoms with Crippen molar-refractivity contribution >= 4 is 29.3 Å². The first-order chi connectivity index (χ1) is 13.6. The monoisotopic (exact) mass is 395 g/mol. The number of hydrogen-bond donors (Lipinski definition) is 2. The first kappa shape index (κ1) is 18.6. The van der Waals surface area contributed by atoms with Crippen molar-refractivity contribution in [3.63, 3.8) is 0 Å². The van der Waals surface area contributed by atoms with Crippen LogP contribution < -0.4 is 10.6 Å². The molecule has 2 heterocycles. The van der Waals surface area contributed by atoms with Gasteiger partial charge in [-0.25, -0.2) is 4.98 Å². The topological polar surface area (TPSA) is 96.9 Å². The summed E-state index contributed by atoms with van der Waals surface area (Å²) in [4.78, 5) is 37.6. The number of aromatic nitrogens is 3. The van der Waals surface area contributed by atoms with Gasteiger partial charge in [0, 0.05) is 29.7 Å². The molecule has 8 heteroatoms. The van der Waals surface area contributed by atoms with E-state index in [-0.39, 0.29) is 18.2 Å². The molecule has 4 rings (SSSR count). The number of carbonyl (C=O) groups excluding carboxylic acids is 2. The molecule has 28 heavy (non-hydrogen) atoms. The van der Waals surface area contributed by atoms with E-state index in [1.807, 2.05) is 31.2 Å². The van der Waals surface area contributed by atoms with Crippen molar-refractivity contribution in [2.24, 2.45) is 5.92 Å². The molecule has 1 saturated carbocycles. The van der Waals surface area contributed by atoms with Crippen LogP contribution in [0.25, 0.3) is 0 Å². The molecule has 1 fully saturated rings. The van der Waals surface area contributed by atoms with Gasteiger partial charge in [-0.15, -0.1) is 0 Å². The van der Waals surface area contributed by atoms with Gasteiger partial charge in [-0.1, -0.05) is 19.1 Å². The van der Waals surface area contributed by atoms with Gasteiger partial charge < -0.3 is 10.6 Å². The average molecular weight is 395 g/mol. The summed E-state index contributed by atoms with van der Waals surface area (Å²) in [6, 6.07) is 7.95. The lowest BCUT2D eigenvalue weighted by atomic mass is 10.1. The summed E-state index contributed by atoms with van der Waals surface area (Å²) in [5, 5.41) is 6.58. The number of Topliss-reactive ketones (excluding diaryl/α,β-unsaturated/α-hetero) is 1. The lowest BCUT2D eigenvalue weighted by Crippen LogP contribution is -2.18. The van der Waals surface area contributed by atoms with E-state index in [1.54, 1.807) is 0 Å². The normalized spacial score (nSPS) is 15.9. The molecule has 2 N–H and O–H groups in total. The van der Waals surface area contributed by atoms with Crippen molar-refractivity contribution in [3.8, 4) is 0 Å². The number of rotatable bonds is 8. The van der Waals surface area contributed by atoms with E-state index >= 15 is 0 Å². The quantitative estimate of drug-likeness (QED) is 0.704. The van der Waals surface area contributed by atoms with Gasteiger partial charge in [-0.3, -0.25) is 9.59 Å². The number of hydrogen-bond acceptors (Lipinski definition) is 8. The second kappa shape index (κ2) is 8.10. The molecule has 0 unspecified atom stereocenters. The molecular weight excluding hydrogens is 374 g/mol. The maximum atomic E-state index is 12.0. The number of anilines is 1. The molecule has 144 valence electrons. The SMILES string of the molecule is CCc1nc(NC2=CC(=O)CN2)nc(Sc2ccc(CC(=O)C3CC3)cc2)n1. The smallest absolute Gasteiger partial charge is 0.232 e. The highest BCUT2D eigenvalue weighted by Gasteiger charge is 2.29. The highest BCUT2D eigenvalue weighted by Crippen LogP contribution is 2.31. The van der Waals surface area contributed by atoms with Crippen molar-refractivity contribution < 1.29 is 9.59 Å². The number of ketones is 2. The van der Waals surface area contributed by atoms with Crippen molar-refractivity contribution in [2.45, 2.75) is 42.7 Å². The Morgan fingerprint density at radius 1 is 1.21 bits per heavy atom. The maximum absolute atomic E-state index is 12.0. The number of carbonyl (C=O) groups is 2. The minimum absolute atomic E-state index is 0.0159. The van der Waals surface area contributed by atoms with E-state index in [9.17, 15) is 9.59 Å². The Balaban J connectivity index is 1.45. The summed E-state index contributed by atoms with van der Waals surface area (Å²) in [5.41, 5.74) is 1.04. The molecule has 0 amide bonds. The molecule has 0 bridgehead atoms. The zero-order chi connectivity index (χ0) is 19.5. The molecule has 0 spiro atoms. The summed E-state index contributed by atoms with van der Waals surface area (Å²) < 4.78 is 0. The van der Waals surface area contributed by atoms with Crippen LogP contribution in [0.3, 0.4) is 0 Å². The molecule has 2 aromatic rings. The minimum Gasteiger partial charge on any atom is -0.364 e. The van der Waals surface area contributed by atoms with E-state index in [4.69, 9.17) is 0 Å². The van der Waals surface area contributed by atoms with Gasteiger partial charge in [0.05, 0.1) is 6.54 Å². The molecule has 0 atom stereocenters. The van der Waals surface area contributed by atoms with Crippen LogP contribution in [0.15, 0.2) is 46.2 Å². The van der Waals surface area contributed by atoms with Crippen LogP contribution in [0, 0.1) is 5.92 Å². The molecule has 7 nitrogen and oxygen atoms in total. The highest BCUT2D eigenvalue weighted by molar-refractivity contribution is 7.99. The van der Waals surface area contributed by atoms with Gasteiger partial charge in [0.15, 0.2) is 10.9 Å². The van der Waals surface area contributed by atoms with E-state index < -0.39 is 0 Å². The van der Waals surface area contributed by atoms with E-state index in [0.29, 0.717) is 41.4 Å². The summed E-state index contributed by atoms with van der Waals surface area (Å²) >= 11 is 1.44. The lowest BCUT2D eigenvalue weighted by molar-refractivity contribution is -0.119. The van der Waals surface area contributed by atoms with Gasteiger partial charge in [-0.2, -0.15) is 9.97 Å². The number of benzene rings is 1. The predicted molar refractivity (Wildman–Crippen MR) is 106 cm³/mol. The third kappa shape index (κ3) is 4.75. The zero-order valence-corrected chi connectivity index (χ0v) is 16.4. The Bertz CT molecular complexity index is 938. The van der Waals surface area contributed by atoms with Gasteiger partial charge >= 0.3 is 0 Å². The maximum Gasteiger partial charge on any atom is 0.232 e. The van der Waals surface area contributed by atoms with Gasteiger partial charge in [-0.05, 0) is 42.3 Å². The van der Waals surface area contributed by atoms with Crippen molar-refractivity contribution in [2.75, 3.05) is 11.9 Å². The standard InChI is InChI=1S/C20H21N5O2S/c1-2-17-22-19(23-18-10-14(26)11-21-18)25-20(24-17)28-15-7-3-12(4-8-15)9-16(27)13-5-6-13/h3-4,7-8,10,13,21H,2,5-6,9,11H2,1H3,(H,22,23,24,25). The van der Waals surface area contributed by atoms with Crippen LogP contribution in [0.2, 0.25) is 0 Å². The van der Waals surface area contributed by atoms with E-state index in [0.717, 1.165) is 23.3 Å². The molecule has 0 saturated heterocycles. The molecule has 1 aromatic carbocycles. The fourth-order valence-electron chi connectivity index (χ4n) is 2.84. The second-order valence-corrected chi connectivity index (χ2v) is 7.92. The minimum atomic E-state index is 0.0159. The van der Waals surface area contributed by atoms with Crippen LogP contribution in [-0.4, -0.2) is 33.1 Å². The molecule has 0 radical (unpaired) electrons. The first-order valence-electron chi connectivity index (χ1n) is 9.39. The zero-order valence-electron chi connectivity index (χ0n) is 15.6. The van der Waals surface area contributed by atoms with Crippen LogP contribution >= 0.6 is 11.8 Å². The Hall–Kier alpha value is -2.74. The molecule has 1 aromatic heterocycles. The fraction of sp³-hybridized carbons (Fsp3) is 0.350. The molecular formula is C20H21N5O2S. The Labute approximate surface area is 167 Å². The molecule has 2 aliphatic rings. The van der Waals surface area contributed by atoms with Gasteiger partial charge in [0.1, 0.15) is 17.4 Å². The first-order valence-corrected chi connectivity index (χ1v) is 10.2. The number of aryl methyl sites for hydroxylation is 1. The highest BCUT2D eigenvalue weighted by atomic mass is 32.2. The van der Waals surface area contributed by atoms with Crippen molar-refractivity contribution in [1.82, 2.24) is 20.3 Å². The third-order valence-electron chi connectivity index (χ3n) is 4.53. The predicted octanol–water partition coefficient (Wildman–Crippen LogP) is 2.53. The Morgan fingerprint density at radius 2 is 2.00 bits per heavy atom. The van der Waals surface area contributed by atoms with E-state index in [2.05, 4.69) is 25.6 Å². The lowest BCUT2D eigenvalue weighted by Gasteiger charge is -2.09. The van der Waals surface area contributed by atoms with Gasteiger partial charge in [0.2, 0.25) is 5.95 Å². The van der Waals surface area contributed by atoms with Gasteiger partial charge in [0.25, 0.3) is 0 Å². The second-order valence-electron chi connectivity index (χ2n) is 6.88. The number of nitrogens with one attached hydrogen (secondary N) is 2. The fourth-order valence-corrected chi connectivity index (χ4v) is 3.60.